The molecule has 1 aromatic heterocycles. The lowest BCUT2D eigenvalue weighted by molar-refractivity contribution is 0.0954. The number of halogens is 1. The Morgan fingerprint density at radius 3 is 2.65 bits per heavy atom. The van der Waals surface area contributed by atoms with Crippen LogP contribution < -0.4 is 5.32 Å². The molecule has 0 aliphatic heterocycles. The van der Waals surface area contributed by atoms with E-state index in [0.29, 0.717) is 18.5 Å². The summed E-state index contributed by atoms with van der Waals surface area (Å²) in [5.41, 5.74) is 4.66. The van der Waals surface area contributed by atoms with Gasteiger partial charge in [-0.25, -0.2) is 9.37 Å². The van der Waals surface area contributed by atoms with E-state index in [4.69, 9.17) is 0 Å². The molecular formula is C21H21FN2OS. The third-order valence-corrected chi connectivity index (χ3v) is 5.64. The average Bonchev–Trinajstić information content (AvgIpc) is 2.98. The zero-order chi connectivity index (χ0) is 18.7. The molecule has 3 rings (SSSR count). The maximum Gasteiger partial charge on any atom is 0.251 e. The van der Waals surface area contributed by atoms with Crippen molar-refractivity contribution in [1.82, 2.24) is 10.3 Å². The van der Waals surface area contributed by atoms with E-state index >= 15 is 0 Å². The topological polar surface area (TPSA) is 42.0 Å². The third kappa shape index (κ3) is 4.17. The summed E-state index contributed by atoms with van der Waals surface area (Å²) in [5, 5.41) is 3.76. The van der Waals surface area contributed by atoms with Gasteiger partial charge in [-0.3, -0.25) is 4.79 Å². The van der Waals surface area contributed by atoms with Crippen LogP contribution in [0.1, 0.15) is 32.1 Å². The highest BCUT2D eigenvalue weighted by atomic mass is 32.1. The first-order valence-electron chi connectivity index (χ1n) is 8.52. The minimum Gasteiger partial charge on any atom is -0.352 e. The molecule has 2 aromatic carbocycles. The van der Waals surface area contributed by atoms with Gasteiger partial charge in [0.05, 0.1) is 5.69 Å². The van der Waals surface area contributed by atoms with Crippen LogP contribution in [-0.4, -0.2) is 17.4 Å². The number of nitrogens with one attached hydrogen (secondary N) is 1. The zero-order valence-corrected chi connectivity index (χ0v) is 15.9. The van der Waals surface area contributed by atoms with Crippen LogP contribution in [0.5, 0.6) is 0 Å². The molecule has 26 heavy (non-hydrogen) atoms. The predicted octanol–water partition coefficient (Wildman–Crippen LogP) is 4.85. The molecule has 0 atom stereocenters. The molecule has 1 heterocycles. The predicted molar refractivity (Wildman–Crippen MR) is 104 cm³/mol. The van der Waals surface area contributed by atoms with Crippen molar-refractivity contribution in [2.45, 2.75) is 27.2 Å². The fourth-order valence-electron chi connectivity index (χ4n) is 2.68. The molecule has 0 fully saturated rings. The van der Waals surface area contributed by atoms with Crippen molar-refractivity contribution in [2.24, 2.45) is 0 Å². The van der Waals surface area contributed by atoms with Crippen molar-refractivity contribution in [3.63, 3.8) is 0 Å². The molecule has 0 unspecified atom stereocenters. The van der Waals surface area contributed by atoms with Crippen LogP contribution in [0.2, 0.25) is 0 Å². The first-order valence-corrected chi connectivity index (χ1v) is 9.33. The Morgan fingerprint density at radius 2 is 1.92 bits per heavy atom. The van der Waals surface area contributed by atoms with E-state index in [0.717, 1.165) is 26.7 Å². The molecule has 0 saturated carbocycles. The molecule has 134 valence electrons. The molecule has 1 N–H and O–H groups in total. The van der Waals surface area contributed by atoms with Crippen LogP contribution in [0.4, 0.5) is 4.39 Å². The molecule has 0 aliphatic carbocycles. The van der Waals surface area contributed by atoms with Crippen LogP contribution in [0.3, 0.4) is 0 Å². The number of hydrogen-bond acceptors (Lipinski definition) is 3. The Kier molecular flexibility index (Phi) is 5.47. The van der Waals surface area contributed by atoms with Gasteiger partial charge in [0, 0.05) is 29.0 Å². The SMILES string of the molecule is Cc1ccc(C(=O)NCCc2sc(-c3cccc(F)c3)nc2C)cc1C. The summed E-state index contributed by atoms with van der Waals surface area (Å²) in [6.45, 7) is 6.51. The van der Waals surface area contributed by atoms with Gasteiger partial charge in [-0.05, 0) is 56.2 Å². The van der Waals surface area contributed by atoms with Crippen LogP contribution in [0.25, 0.3) is 10.6 Å². The maximum absolute atomic E-state index is 13.4. The van der Waals surface area contributed by atoms with Crippen molar-refractivity contribution in [3.05, 3.63) is 75.5 Å². The molecule has 0 spiro atoms. The van der Waals surface area contributed by atoms with Gasteiger partial charge in [-0.2, -0.15) is 0 Å². The van der Waals surface area contributed by atoms with Gasteiger partial charge in [0.25, 0.3) is 5.91 Å². The number of hydrogen-bond donors (Lipinski definition) is 1. The molecule has 0 bridgehead atoms. The monoisotopic (exact) mass is 368 g/mol. The second kappa shape index (κ2) is 7.79. The molecule has 3 aromatic rings. The largest absolute Gasteiger partial charge is 0.352 e. The van der Waals surface area contributed by atoms with Gasteiger partial charge in [0.1, 0.15) is 10.8 Å². The van der Waals surface area contributed by atoms with E-state index in [1.54, 1.807) is 17.4 Å². The highest BCUT2D eigenvalue weighted by molar-refractivity contribution is 7.15. The second-order valence-corrected chi connectivity index (χ2v) is 7.43. The van der Waals surface area contributed by atoms with Crippen molar-refractivity contribution in [2.75, 3.05) is 6.54 Å². The number of amides is 1. The minimum atomic E-state index is -0.266. The van der Waals surface area contributed by atoms with E-state index in [1.165, 1.54) is 17.7 Å². The Morgan fingerprint density at radius 1 is 1.12 bits per heavy atom. The van der Waals surface area contributed by atoms with Gasteiger partial charge in [-0.1, -0.05) is 18.2 Å². The molecule has 3 nitrogen and oxygen atoms in total. The van der Waals surface area contributed by atoms with Crippen LogP contribution >= 0.6 is 11.3 Å². The Hall–Kier alpha value is -2.53. The number of carbonyl (C=O) groups excluding carboxylic acids is 1. The number of thiazole rings is 1. The number of nitrogens with zero attached hydrogens (tertiary/aromatic N) is 1. The lowest BCUT2D eigenvalue weighted by Crippen LogP contribution is -2.25. The minimum absolute atomic E-state index is 0.0689. The summed E-state index contributed by atoms with van der Waals surface area (Å²) in [6, 6.07) is 12.2. The fourth-order valence-corrected chi connectivity index (χ4v) is 3.74. The van der Waals surface area contributed by atoms with Crippen molar-refractivity contribution in [1.29, 1.82) is 0 Å². The van der Waals surface area contributed by atoms with Crippen molar-refractivity contribution >= 4 is 17.2 Å². The summed E-state index contributed by atoms with van der Waals surface area (Å²) in [5.74, 6) is -0.335. The van der Waals surface area contributed by atoms with Gasteiger partial charge >= 0.3 is 0 Å². The van der Waals surface area contributed by atoms with Crippen LogP contribution in [0.15, 0.2) is 42.5 Å². The van der Waals surface area contributed by atoms with Gasteiger partial charge < -0.3 is 5.32 Å². The van der Waals surface area contributed by atoms with Crippen molar-refractivity contribution in [3.8, 4) is 10.6 Å². The van der Waals surface area contributed by atoms with Gasteiger partial charge in [0.15, 0.2) is 0 Å². The number of rotatable bonds is 5. The lowest BCUT2D eigenvalue weighted by Gasteiger charge is -2.07. The summed E-state index contributed by atoms with van der Waals surface area (Å²) in [6.07, 6.45) is 0.704. The standard InChI is InChI=1S/C21H21FN2OS/c1-13-7-8-16(11-14(13)2)20(25)23-10-9-19-15(3)24-21(26-19)17-5-4-6-18(22)12-17/h4-8,11-12H,9-10H2,1-3H3,(H,23,25). The normalized spacial score (nSPS) is 10.8. The summed E-state index contributed by atoms with van der Waals surface area (Å²) in [7, 11) is 0. The lowest BCUT2D eigenvalue weighted by atomic mass is 10.1. The van der Waals surface area contributed by atoms with Gasteiger partial charge in [0.2, 0.25) is 0 Å². The Labute approximate surface area is 156 Å². The number of aromatic nitrogens is 1. The number of benzene rings is 2. The van der Waals surface area contributed by atoms with Gasteiger partial charge in [-0.15, -0.1) is 11.3 Å². The quantitative estimate of drug-likeness (QED) is 0.700. The second-order valence-electron chi connectivity index (χ2n) is 6.34. The zero-order valence-electron chi connectivity index (χ0n) is 15.1. The van der Waals surface area contributed by atoms with E-state index in [9.17, 15) is 9.18 Å². The summed E-state index contributed by atoms with van der Waals surface area (Å²) < 4.78 is 13.4. The highest BCUT2D eigenvalue weighted by Gasteiger charge is 2.11. The Balaban J connectivity index is 1.63. The Bertz CT molecular complexity index is 949. The van der Waals surface area contributed by atoms with E-state index in [-0.39, 0.29) is 11.7 Å². The molecule has 0 radical (unpaired) electrons. The summed E-state index contributed by atoms with van der Waals surface area (Å²) >= 11 is 1.54. The van der Waals surface area contributed by atoms with E-state index < -0.39 is 0 Å². The molecule has 5 heteroatoms. The van der Waals surface area contributed by atoms with Crippen LogP contribution in [-0.2, 0) is 6.42 Å². The highest BCUT2D eigenvalue weighted by Crippen LogP contribution is 2.28. The molecular weight excluding hydrogens is 347 g/mol. The van der Waals surface area contributed by atoms with E-state index in [1.807, 2.05) is 45.0 Å². The summed E-state index contributed by atoms with van der Waals surface area (Å²) in [4.78, 5) is 17.9. The van der Waals surface area contributed by atoms with Crippen LogP contribution in [0, 0.1) is 26.6 Å². The molecule has 0 saturated heterocycles. The first-order chi connectivity index (χ1) is 12.4. The smallest absolute Gasteiger partial charge is 0.251 e. The average molecular weight is 368 g/mol. The molecule has 0 aliphatic rings. The maximum atomic E-state index is 13.4. The fraction of sp³-hybridized carbons (Fsp3) is 0.238. The molecule has 1 amide bonds. The first kappa shape index (κ1) is 18.3. The van der Waals surface area contributed by atoms with Crippen molar-refractivity contribution < 1.29 is 9.18 Å². The number of aryl methyl sites for hydroxylation is 3. The number of carbonyl (C=O) groups is 1. The van der Waals surface area contributed by atoms with E-state index in [2.05, 4.69) is 10.3 Å². The third-order valence-electron chi connectivity index (χ3n) is 4.37.